The number of piperazine rings is 1. The highest BCUT2D eigenvalue weighted by Gasteiger charge is 2.36. The summed E-state index contributed by atoms with van der Waals surface area (Å²) in [5, 5.41) is 7.44. The highest BCUT2D eigenvalue weighted by molar-refractivity contribution is 7.89. The summed E-state index contributed by atoms with van der Waals surface area (Å²) >= 11 is 0. The molecule has 2 amide bonds. The molecule has 0 atom stereocenters. The number of amides is 2. The minimum absolute atomic E-state index is 0.0765. The van der Waals surface area contributed by atoms with Crippen LogP contribution < -0.4 is 10.6 Å². The number of fused-ring (bicyclic) bond motifs is 1. The summed E-state index contributed by atoms with van der Waals surface area (Å²) in [5.41, 5.74) is 6.42. The molecular weight excluding hydrogens is 394 g/mol. The average molecular weight is 413 g/mol. The fourth-order valence-corrected chi connectivity index (χ4v) is 4.93. The van der Waals surface area contributed by atoms with Gasteiger partial charge in [-0.1, -0.05) is 12.1 Å². The van der Waals surface area contributed by atoms with Crippen LogP contribution in [0.1, 0.15) is 20.7 Å². The third-order valence-corrected chi connectivity index (χ3v) is 7.02. The molecule has 1 saturated heterocycles. The molecule has 0 saturated carbocycles. The smallest absolute Gasteiger partial charge is 0.266 e. The molecule has 9 nitrogen and oxygen atoms in total. The molecule has 29 heavy (non-hydrogen) atoms. The van der Waals surface area contributed by atoms with Crippen LogP contribution in [0.25, 0.3) is 0 Å². The lowest BCUT2D eigenvalue weighted by atomic mass is 10.1. The van der Waals surface area contributed by atoms with Crippen molar-refractivity contribution in [2.24, 2.45) is 5.73 Å². The number of nitrogens with one attached hydrogen (secondary N) is 1. The van der Waals surface area contributed by atoms with Crippen molar-refractivity contribution in [2.75, 3.05) is 31.1 Å². The van der Waals surface area contributed by atoms with Crippen molar-refractivity contribution in [1.29, 1.82) is 5.41 Å². The summed E-state index contributed by atoms with van der Waals surface area (Å²) in [6, 6.07) is 12.3. The number of hydrogen-bond acceptors (Lipinski definition) is 5. The van der Waals surface area contributed by atoms with Gasteiger partial charge in [-0.3, -0.25) is 15.0 Å². The van der Waals surface area contributed by atoms with E-state index in [2.05, 4.69) is 0 Å². The number of hydrogen-bond donors (Lipinski definition) is 2. The number of carbonyl (C=O) groups excluding carboxylic acids is 2. The van der Waals surface area contributed by atoms with E-state index in [-0.39, 0.29) is 23.9 Å². The van der Waals surface area contributed by atoms with Crippen LogP contribution in [0.4, 0.5) is 5.69 Å². The summed E-state index contributed by atoms with van der Waals surface area (Å²) in [7, 11) is -3.73. The quantitative estimate of drug-likeness (QED) is 0.433. The minimum atomic E-state index is -3.73. The molecule has 10 heteroatoms. The Morgan fingerprint density at radius 3 is 1.86 bits per heavy atom. The first kappa shape index (κ1) is 19.1. The van der Waals surface area contributed by atoms with Gasteiger partial charge in [0.1, 0.15) is 0 Å². The Morgan fingerprint density at radius 2 is 1.38 bits per heavy atom. The van der Waals surface area contributed by atoms with Crippen molar-refractivity contribution in [2.45, 2.75) is 4.90 Å². The number of nitrogens with two attached hydrogens (primary N) is 1. The van der Waals surface area contributed by atoms with E-state index in [1.165, 1.54) is 28.6 Å². The average Bonchev–Trinajstić information content (AvgIpc) is 2.99. The minimum Gasteiger partial charge on any atom is -0.370 e. The molecule has 2 aromatic carbocycles. The number of sulfonamides is 1. The van der Waals surface area contributed by atoms with E-state index in [1.807, 2.05) is 0 Å². The summed E-state index contributed by atoms with van der Waals surface area (Å²) in [4.78, 5) is 27.9. The van der Waals surface area contributed by atoms with Crippen LogP contribution in [0.15, 0.2) is 53.4 Å². The predicted molar refractivity (Wildman–Crippen MR) is 106 cm³/mol. The van der Waals surface area contributed by atoms with E-state index in [0.29, 0.717) is 29.9 Å². The monoisotopic (exact) mass is 413 g/mol. The Labute approximate surface area is 167 Å². The number of anilines is 1. The maximum Gasteiger partial charge on any atom is 0.266 e. The van der Waals surface area contributed by atoms with Crippen LogP contribution in [0.3, 0.4) is 0 Å². The first-order valence-corrected chi connectivity index (χ1v) is 10.4. The maximum atomic E-state index is 12.9. The number of nitrogens with zero attached hydrogens (tertiary/aromatic N) is 3. The second-order valence-corrected chi connectivity index (χ2v) is 8.70. The largest absolute Gasteiger partial charge is 0.370 e. The van der Waals surface area contributed by atoms with Crippen molar-refractivity contribution in [1.82, 2.24) is 9.21 Å². The molecule has 2 aromatic rings. The zero-order valence-corrected chi connectivity index (χ0v) is 16.2. The first-order chi connectivity index (χ1) is 13.8. The molecule has 0 unspecified atom stereocenters. The van der Waals surface area contributed by atoms with Crippen LogP contribution >= 0.6 is 0 Å². The summed E-state index contributed by atoms with van der Waals surface area (Å²) in [6.07, 6.45) is 0. The number of rotatable bonds is 3. The molecule has 0 aliphatic carbocycles. The first-order valence-electron chi connectivity index (χ1n) is 8.98. The van der Waals surface area contributed by atoms with Crippen LogP contribution in [-0.2, 0) is 10.0 Å². The Bertz CT molecular complexity index is 1070. The summed E-state index contributed by atoms with van der Waals surface area (Å²) in [5.74, 6) is -0.935. The molecule has 4 rings (SSSR count). The van der Waals surface area contributed by atoms with Crippen molar-refractivity contribution in [3.05, 3.63) is 59.7 Å². The molecule has 0 bridgehead atoms. The van der Waals surface area contributed by atoms with Gasteiger partial charge in [0.15, 0.2) is 5.96 Å². The van der Waals surface area contributed by atoms with Gasteiger partial charge in [-0.25, -0.2) is 13.3 Å². The van der Waals surface area contributed by atoms with Crippen LogP contribution in [0.2, 0.25) is 0 Å². The Hall–Kier alpha value is -3.24. The molecule has 3 N–H and O–H groups in total. The van der Waals surface area contributed by atoms with E-state index in [0.717, 1.165) is 4.90 Å². The standard InChI is InChI=1S/C19H19N5O4S/c20-19(21)22-9-11-23(12-10-22)29(27,28)14-7-5-13(6-8-14)24-17(25)15-3-1-2-4-16(15)18(24)26/h1-8H,9-12H2,(H3,20,21). The van der Waals surface area contributed by atoms with Gasteiger partial charge in [-0.05, 0) is 36.4 Å². The van der Waals surface area contributed by atoms with E-state index in [1.54, 1.807) is 29.2 Å². The Kier molecular flexibility index (Phi) is 4.59. The number of carbonyl (C=O) groups is 2. The maximum absolute atomic E-state index is 12.9. The zero-order chi connectivity index (χ0) is 20.8. The van der Waals surface area contributed by atoms with Gasteiger partial charge in [-0.2, -0.15) is 4.31 Å². The summed E-state index contributed by atoms with van der Waals surface area (Å²) < 4.78 is 27.1. The molecular formula is C19H19N5O4S. The molecule has 0 spiro atoms. The van der Waals surface area contributed by atoms with Gasteiger partial charge in [0, 0.05) is 26.2 Å². The highest BCUT2D eigenvalue weighted by atomic mass is 32.2. The number of imide groups is 1. The van der Waals surface area contributed by atoms with Crippen molar-refractivity contribution in [3.8, 4) is 0 Å². The van der Waals surface area contributed by atoms with Crippen LogP contribution in [0, 0.1) is 5.41 Å². The molecule has 2 heterocycles. The SMILES string of the molecule is N=C(N)N1CCN(S(=O)(=O)c2ccc(N3C(=O)c4ccccc4C3=O)cc2)CC1. The number of benzene rings is 2. The van der Waals surface area contributed by atoms with E-state index < -0.39 is 21.8 Å². The normalized spacial score (nSPS) is 17.5. The molecule has 150 valence electrons. The second kappa shape index (κ2) is 6.98. The third kappa shape index (κ3) is 3.15. The van der Waals surface area contributed by atoms with Crippen molar-refractivity contribution < 1.29 is 18.0 Å². The van der Waals surface area contributed by atoms with Crippen molar-refractivity contribution >= 4 is 33.5 Å². The van der Waals surface area contributed by atoms with E-state index in [4.69, 9.17) is 11.1 Å². The molecule has 0 aromatic heterocycles. The molecule has 2 aliphatic heterocycles. The van der Waals surface area contributed by atoms with E-state index >= 15 is 0 Å². The Morgan fingerprint density at radius 1 is 0.862 bits per heavy atom. The van der Waals surface area contributed by atoms with Gasteiger partial charge in [0.25, 0.3) is 11.8 Å². The van der Waals surface area contributed by atoms with Gasteiger partial charge in [0.05, 0.1) is 21.7 Å². The lowest BCUT2D eigenvalue weighted by Gasteiger charge is -2.34. The van der Waals surface area contributed by atoms with Gasteiger partial charge in [-0.15, -0.1) is 0 Å². The number of guanidine groups is 1. The Balaban J connectivity index is 1.55. The van der Waals surface area contributed by atoms with Crippen LogP contribution in [-0.4, -0.2) is 61.6 Å². The predicted octanol–water partition coefficient (Wildman–Crippen LogP) is 0.687. The molecule has 0 radical (unpaired) electrons. The van der Waals surface area contributed by atoms with E-state index in [9.17, 15) is 18.0 Å². The third-order valence-electron chi connectivity index (χ3n) is 5.11. The topological polar surface area (TPSA) is 128 Å². The second-order valence-electron chi connectivity index (χ2n) is 6.76. The lowest BCUT2D eigenvalue weighted by molar-refractivity contribution is 0.0926. The van der Waals surface area contributed by atoms with Gasteiger partial charge < -0.3 is 10.6 Å². The van der Waals surface area contributed by atoms with Crippen molar-refractivity contribution in [3.63, 3.8) is 0 Å². The molecule has 1 fully saturated rings. The fourth-order valence-electron chi connectivity index (χ4n) is 3.51. The van der Waals surface area contributed by atoms with Gasteiger partial charge >= 0.3 is 0 Å². The fraction of sp³-hybridized carbons (Fsp3) is 0.211. The zero-order valence-electron chi connectivity index (χ0n) is 15.4. The summed E-state index contributed by atoms with van der Waals surface area (Å²) in [6.45, 7) is 1.15. The lowest BCUT2D eigenvalue weighted by Crippen LogP contribution is -2.52. The van der Waals surface area contributed by atoms with Crippen LogP contribution in [0.5, 0.6) is 0 Å². The molecule has 2 aliphatic rings. The van der Waals surface area contributed by atoms with Gasteiger partial charge in [0.2, 0.25) is 10.0 Å². The highest BCUT2D eigenvalue weighted by Crippen LogP contribution is 2.29.